The fourth-order valence-electron chi connectivity index (χ4n) is 7.79. The van der Waals surface area contributed by atoms with E-state index >= 15 is 0 Å². The molecule has 0 saturated heterocycles. The standard InChI is InChI=1S/C40H36N2OSi/c1-25-15-19-36-34(21-25)40(32-13-9-7-11-29(32)30-12-8-10-14-33(30)40)35-23-28(44(4,5)6)17-20-37(35)42(36)27-16-18-31-38(22-27)41(3)24-26(2)39(31)43/h7-24H,1-6H3. The first-order valence-corrected chi connectivity index (χ1v) is 19.0. The summed E-state index contributed by atoms with van der Waals surface area (Å²) in [6.07, 6.45) is 1.94. The van der Waals surface area contributed by atoms with Crippen LogP contribution in [0.15, 0.2) is 114 Å². The van der Waals surface area contributed by atoms with E-state index in [1.165, 1.54) is 55.5 Å². The van der Waals surface area contributed by atoms with E-state index in [0.29, 0.717) is 0 Å². The van der Waals surface area contributed by atoms with Gasteiger partial charge in [-0.1, -0.05) is 103 Å². The second-order valence-corrected chi connectivity index (χ2v) is 18.7. The molecule has 0 unspecified atom stereocenters. The number of benzene rings is 5. The Labute approximate surface area is 260 Å². The average molecular weight is 589 g/mol. The number of aryl methyl sites for hydroxylation is 3. The maximum atomic E-state index is 13.1. The third-order valence-corrected chi connectivity index (χ3v) is 11.9. The Kier molecular flexibility index (Phi) is 5.61. The number of nitrogens with zero attached hydrogens (tertiary/aromatic N) is 2. The molecule has 5 aromatic carbocycles. The predicted octanol–water partition coefficient (Wildman–Crippen LogP) is 8.85. The van der Waals surface area contributed by atoms with Crippen molar-refractivity contribution >= 4 is 41.2 Å². The molecule has 0 amide bonds. The number of anilines is 3. The largest absolute Gasteiger partial charge is 0.350 e. The van der Waals surface area contributed by atoms with Crippen LogP contribution in [0, 0.1) is 13.8 Å². The monoisotopic (exact) mass is 588 g/mol. The van der Waals surface area contributed by atoms with Crippen LogP contribution >= 0.6 is 0 Å². The van der Waals surface area contributed by atoms with E-state index in [1.807, 2.05) is 26.2 Å². The molecule has 44 heavy (non-hydrogen) atoms. The second kappa shape index (κ2) is 9.17. The van der Waals surface area contributed by atoms with Crippen molar-refractivity contribution in [2.24, 2.45) is 7.05 Å². The highest BCUT2D eigenvalue weighted by Gasteiger charge is 2.52. The number of hydrogen-bond donors (Lipinski definition) is 0. The lowest BCUT2D eigenvalue weighted by Crippen LogP contribution is -2.42. The van der Waals surface area contributed by atoms with E-state index in [9.17, 15) is 4.79 Å². The lowest BCUT2D eigenvalue weighted by Gasteiger charge is -2.45. The third kappa shape index (κ3) is 3.52. The van der Waals surface area contributed by atoms with Gasteiger partial charge in [0, 0.05) is 29.9 Å². The van der Waals surface area contributed by atoms with Crippen molar-refractivity contribution in [2.75, 3.05) is 4.90 Å². The van der Waals surface area contributed by atoms with Crippen LogP contribution in [-0.4, -0.2) is 12.6 Å². The fourth-order valence-corrected chi connectivity index (χ4v) is 8.95. The molecule has 3 nitrogen and oxygen atoms in total. The van der Waals surface area contributed by atoms with Gasteiger partial charge in [0.15, 0.2) is 5.43 Å². The molecule has 8 rings (SSSR count). The maximum Gasteiger partial charge on any atom is 0.192 e. The minimum absolute atomic E-state index is 0.0950. The summed E-state index contributed by atoms with van der Waals surface area (Å²) >= 11 is 0. The molecule has 1 aliphatic carbocycles. The summed E-state index contributed by atoms with van der Waals surface area (Å²) in [7, 11) is 0.370. The number of hydrogen-bond acceptors (Lipinski definition) is 2. The molecule has 2 aliphatic rings. The number of pyridine rings is 1. The summed E-state index contributed by atoms with van der Waals surface area (Å²) in [5.41, 5.74) is 13.9. The minimum atomic E-state index is -1.66. The van der Waals surface area contributed by atoms with Gasteiger partial charge >= 0.3 is 0 Å². The molecule has 1 spiro atoms. The highest BCUT2D eigenvalue weighted by atomic mass is 28.3. The highest BCUT2D eigenvalue weighted by molar-refractivity contribution is 6.88. The van der Waals surface area contributed by atoms with Crippen LogP contribution < -0.4 is 15.5 Å². The Morgan fingerprint density at radius 3 is 1.93 bits per heavy atom. The number of fused-ring (bicyclic) bond motifs is 10. The van der Waals surface area contributed by atoms with Crippen molar-refractivity contribution in [1.82, 2.24) is 4.57 Å². The molecule has 0 bridgehead atoms. The van der Waals surface area contributed by atoms with Crippen LogP contribution in [0.2, 0.25) is 19.6 Å². The SMILES string of the molecule is Cc1ccc2c(c1)C1(c3ccccc3-c3ccccc31)c1cc([Si](C)(C)C)ccc1N2c1ccc2c(=O)c(C)cn(C)c2c1. The van der Waals surface area contributed by atoms with Crippen LogP contribution in [0.1, 0.15) is 33.4 Å². The van der Waals surface area contributed by atoms with Gasteiger partial charge in [-0.25, -0.2) is 0 Å². The second-order valence-electron chi connectivity index (χ2n) is 13.6. The van der Waals surface area contributed by atoms with Crippen LogP contribution in [0.4, 0.5) is 17.1 Å². The van der Waals surface area contributed by atoms with Gasteiger partial charge in [0.05, 0.1) is 30.4 Å². The van der Waals surface area contributed by atoms with Gasteiger partial charge in [-0.2, -0.15) is 0 Å². The van der Waals surface area contributed by atoms with Crippen molar-refractivity contribution < 1.29 is 0 Å². The van der Waals surface area contributed by atoms with E-state index in [0.717, 1.165) is 22.2 Å². The molecular formula is C40H36N2OSi. The van der Waals surface area contributed by atoms with Crippen molar-refractivity contribution in [1.29, 1.82) is 0 Å². The smallest absolute Gasteiger partial charge is 0.192 e. The maximum absolute atomic E-state index is 13.1. The molecule has 0 fully saturated rings. The van der Waals surface area contributed by atoms with E-state index < -0.39 is 13.5 Å². The van der Waals surface area contributed by atoms with Gasteiger partial charge < -0.3 is 9.47 Å². The van der Waals surface area contributed by atoms with E-state index in [1.54, 1.807) is 0 Å². The van der Waals surface area contributed by atoms with Gasteiger partial charge in [0.1, 0.15) is 0 Å². The third-order valence-electron chi connectivity index (χ3n) is 9.87. The topological polar surface area (TPSA) is 25.2 Å². The molecule has 216 valence electrons. The molecule has 0 saturated carbocycles. The summed E-state index contributed by atoms with van der Waals surface area (Å²) in [6, 6.07) is 38.5. The molecular weight excluding hydrogens is 553 g/mol. The van der Waals surface area contributed by atoms with Gasteiger partial charge in [-0.05, 0) is 77.6 Å². The zero-order valence-electron chi connectivity index (χ0n) is 26.2. The van der Waals surface area contributed by atoms with Gasteiger partial charge in [-0.3, -0.25) is 4.79 Å². The minimum Gasteiger partial charge on any atom is -0.350 e. The van der Waals surface area contributed by atoms with Crippen LogP contribution in [0.3, 0.4) is 0 Å². The Morgan fingerprint density at radius 1 is 0.659 bits per heavy atom. The zero-order valence-corrected chi connectivity index (χ0v) is 27.2. The Morgan fingerprint density at radius 2 is 1.27 bits per heavy atom. The molecule has 0 atom stereocenters. The zero-order chi connectivity index (χ0) is 30.5. The molecule has 6 aromatic rings. The van der Waals surface area contributed by atoms with Crippen molar-refractivity contribution in [3.63, 3.8) is 0 Å². The van der Waals surface area contributed by atoms with Crippen LogP contribution in [0.25, 0.3) is 22.0 Å². The van der Waals surface area contributed by atoms with E-state index in [-0.39, 0.29) is 5.43 Å². The summed E-state index contributed by atoms with van der Waals surface area (Å²) in [5.74, 6) is 0. The Bertz CT molecular complexity index is 2190. The van der Waals surface area contributed by atoms with Crippen LogP contribution in [-0.2, 0) is 12.5 Å². The van der Waals surface area contributed by atoms with Gasteiger partial charge in [-0.15, -0.1) is 0 Å². The normalized spacial score (nSPS) is 14.4. The van der Waals surface area contributed by atoms with Gasteiger partial charge in [0.2, 0.25) is 0 Å². The number of aromatic nitrogens is 1. The van der Waals surface area contributed by atoms with Gasteiger partial charge in [0.25, 0.3) is 0 Å². The van der Waals surface area contributed by atoms with Crippen molar-refractivity contribution in [2.45, 2.75) is 38.9 Å². The van der Waals surface area contributed by atoms with Crippen molar-refractivity contribution in [3.05, 3.63) is 153 Å². The molecule has 4 heteroatoms. The predicted molar refractivity (Wildman–Crippen MR) is 187 cm³/mol. The fraction of sp³-hybridized carbons (Fsp3) is 0.175. The Balaban J connectivity index is 1.53. The lowest BCUT2D eigenvalue weighted by atomic mass is 9.64. The summed E-state index contributed by atoms with van der Waals surface area (Å²) in [5, 5.41) is 2.20. The summed E-state index contributed by atoms with van der Waals surface area (Å²) in [4.78, 5) is 15.5. The van der Waals surface area contributed by atoms with E-state index in [4.69, 9.17) is 0 Å². The summed E-state index contributed by atoms with van der Waals surface area (Å²) < 4.78 is 2.08. The Hall–Kier alpha value is -4.67. The quantitative estimate of drug-likeness (QED) is 0.189. The van der Waals surface area contributed by atoms with Crippen LogP contribution in [0.5, 0.6) is 0 Å². The first-order chi connectivity index (χ1) is 21.1. The van der Waals surface area contributed by atoms with E-state index in [2.05, 4.69) is 133 Å². The molecule has 0 N–H and O–H groups in total. The lowest BCUT2D eigenvalue weighted by molar-refractivity contribution is 0.752. The first-order valence-electron chi connectivity index (χ1n) is 15.5. The highest BCUT2D eigenvalue weighted by Crippen LogP contribution is 2.63. The number of rotatable bonds is 2. The molecule has 0 radical (unpaired) electrons. The molecule has 1 aliphatic heterocycles. The molecule has 2 heterocycles. The average Bonchev–Trinajstić information content (AvgIpc) is 3.31. The summed E-state index contributed by atoms with van der Waals surface area (Å²) in [6.45, 7) is 11.4. The first kappa shape index (κ1) is 26.9. The molecule has 1 aromatic heterocycles. The van der Waals surface area contributed by atoms with Crippen molar-refractivity contribution in [3.8, 4) is 11.1 Å².